The second kappa shape index (κ2) is 6.51. The van der Waals surface area contributed by atoms with Crippen molar-refractivity contribution in [1.29, 1.82) is 5.26 Å². The molecule has 112 valence electrons. The van der Waals surface area contributed by atoms with Crippen LogP contribution in [0.3, 0.4) is 0 Å². The first-order valence-electron chi connectivity index (χ1n) is 6.98. The molecule has 0 atom stereocenters. The summed E-state index contributed by atoms with van der Waals surface area (Å²) in [5.74, 6) is 0. The Morgan fingerprint density at radius 2 is 1.70 bits per heavy atom. The predicted octanol–water partition coefficient (Wildman–Crippen LogP) is 3.70. The van der Waals surface area contributed by atoms with Crippen LogP contribution in [0.25, 0.3) is 22.4 Å². The number of aromatic nitrogens is 2. The SMILES string of the molecule is CSc1nc(-c2ccccc2-c2ccccc2)c(C#N)c(=O)[nH]1. The van der Waals surface area contributed by atoms with E-state index in [1.54, 1.807) is 0 Å². The highest BCUT2D eigenvalue weighted by Gasteiger charge is 2.16. The Kier molecular flexibility index (Phi) is 4.26. The van der Waals surface area contributed by atoms with Gasteiger partial charge in [-0.15, -0.1) is 0 Å². The molecular weight excluding hydrogens is 306 g/mol. The molecule has 3 rings (SSSR count). The molecule has 0 saturated carbocycles. The van der Waals surface area contributed by atoms with Gasteiger partial charge in [0.1, 0.15) is 11.6 Å². The fraction of sp³-hybridized carbons (Fsp3) is 0.0556. The quantitative estimate of drug-likeness (QED) is 0.590. The van der Waals surface area contributed by atoms with Gasteiger partial charge in [-0.2, -0.15) is 5.26 Å². The van der Waals surface area contributed by atoms with Crippen molar-refractivity contribution in [2.24, 2.45) is 0 Å². The number of hydrogen-bond donors (Lipinski definition) is 1. The molecule has 1 aromatic heterocycles. The topological polar surface area (TPSA) is 69.5 Å². The zero-order valence-electron chi connectivity index (χ0n) is 12.4. The summed E-state index contributed by atoms with van der Waals surface area (Å²) in [6.07, 6.45) is 1.83. The molecule has 0 amide bonds. The van der Waals surface area contributed by atoms with Gasteiger partial charge < -0.3 is 4.98 Å². The van der Waals surface area contributed by atoms with E-state index in [0.717, 1.165) is 16.7 Å². The summed E-state index contributed by atoms with van der Waals surface area (Å²) in [6.45, 7) is 0. The van der Waals surface area contributed by atoms with Gasteiger partial charge in [0.25, 0.3) is 5.56 Å². The van der Waals surface area contributed by atoms with Crippen molar-refractivity contribution in [2.75, 3.05) is 6.26 Å². The van der Waals surface area contributed by atoms with Crippen LogP contribution in [0.4, 0.5) is 0 Å². The first-order chi connectivity index (χ1) is 11.2. The molecule has 0 bridgehead atoms. The molecule has 0 aliphatic heterocycles. The molecule has 2 aromatic carbocycles. The van der Waals surface area contributed by atoms with Crippen LogP contribution in [-0.2, 0) is 0 Å². The second-order valence-corrected chi connectivity index (χ2v) is 5.62. The third-order valence-electron chi connectivity index (χ3n) is 3.47. The van der Waals surface area contributed by atoms with E-state index in [9.17, 15) is 10.1 Å². The lowest BCUT2D eigenvalue weighted by Gasteiger charge is -2.11. The Morgan fingerprint density at radius 3 is 2.35 bits per heavy atom. The lowest BCUT2D eigenvalue weighted by Crippen LogP contribution is -2.14. The summed E-state index contributed by atoms with van der Waals surface area (Å²) in [5.41, 5.74) is 2.77. The Balaban J connectivity index is 2.31. The molecule has 0 saturated heterocycles. The number of H-pyrrole nitrogens is 1. The van der Waals surface area contributed by atoms with Crippen molar-refractivity contribution in [2.45, 2.75) is 5.16 Å². The van der Waals surface area contributed by atoms with Gasteiger partial charge >= 0.3 is 0 Å². The Morgan fingerprint density at radius 1 is 1.04 bits per heavy atom. The van der Waals surface area contributed by atoms with Crippen LogP contribution >= 0.6 is 11.8 Å². The van der Waals surface area contributed by atoms with Crippen LogP contribution < -0.4 is 5.56 Å². The maximum atomic E-state index is 12.1. The number of aromatic amines is 1. The molecule has 4 nitrogen and oxygen atoms in total. The van der Waals surface area contributed by atoms with Gasteiger partial charge in [0, 0.05) is 5.56 Å². The number of hydrogen-bond acceptors (Lipinski definition) is 4. The second-order valence-electron chi connectivity index (χ2n) is 4.82. The summed E-state index contributed by atoms with van der Waals surface area (Å²) in [6, 6.07) is 19.5. The van der Waals surface area contributed by atoms with Crippen molar-refractivity contribution >= 4 is 11.8 Å². The zero-order chi connectivity index (χ0) is 16.2. The molecule has 23 heavy (non-hydrogen) atoms. The van der Waals surface area contributed by atoms with Crippen molar-refractivity contribution in [1.82, 2.24) is 9.97 Å². The van der Waals surface area contributed by atoms with Crippen molar-refractivity contribution < 1.29 is 0 Å². The number of rotatable bonds is 3. The van der Waals surface area contributed by atoms with Crippen LogP contribution in [0.5, 0.6) is 0 Å². The largest absolute Gasteiger partial charge is 0.300 e. The van der Waals surface area contributed by atoms with E-state index >= 15 is 0 Å². The van der Waals surface area contributed by atoms with Gasteiger partial charge in [-0.05, 0) is 17.4 Å². The third-order valence-corrected chi connectivity index (χ3v) is 4.05. The minimum atomic E-state index is -0.412. The zero-order valence-corrected chi connectivity index (χ0v) is 13.2. The van der Waals surface area contributed by atoms with E-state index in [1.807, 2.05) is 66.9 Å². The lowest BCUT2D eigenvalue weighted by molar-refractivity contribution is 0.938. The van der Waals surface area contributed by atoms with Crippen LogP contribution in [-0.4, -0.2) is 16.2 Å². The highest BCUT2D eigenvalue weighted by Crippen LogP contribution is 2.32. The first-order valence-corrected chi connectivity index (χ1v) is 8.20. The molecular formula is C18H13N3OS. The molecule has 0 fully saturated rings. The molecule has 5 heteroatoms. The van der Waals surface area contributed by atoms with E-state index in [1.165, 1.54) is 11.8 Å². The highest BCUT2D eigenvalue weighted by atomic mass is 32.2. The minimum Gasteiger partial charge on any atom is -0.300 e. The number of benzene rings is 2. The van der Waals surface area contributed by atoms with E-state index in [4.69, 9.17) is 0 Å². The van der Waals surface area contributed by atoms with Crippen molar-refractivity contribution in [3.63, 3.8) is 0 Å². The third kappa shape index (κ3) is 2.89. The summed E-state index contributed by atoms with van der Waals surface area (Å²) < 4.78 is 0. The molecule has 0 aliphatic rings. The lowest BCUT2D eigenvalue weighted by atomic mass is 9.96. The monoisotopic (exact) mass is 319 g/mol. The average Bonchev–Trinajstić information content (AvgIpc) is 2.61. The van der Waals surface area contributed by atoms with Crippen LogP contribution in [0.2, 0.25) is 0 Å². The number of nitrogens with one attached hydrogen (secondary N) is 1. The van der Waals surface area contributed by atoms with Crippen molar-refractivity contribution in [3.05, 3.63) is 70.5 Å². The number of nitrogens with zero attached hydrogens (tertiary/aromatic N) is 2. The van der Waals surface area contributed by atoms with Crippen LogP contribution in [0.15, 0.2) is 64.5 Å². The summed E-state index contributed by atoms with van der Waals surface area (Å²) in [5, 5.41) is 9.86. The van der Waals surface area contributed by atoms with E-state index in [2.05, 4.69) is 9.97 Å². The predicted molar refractivity (Wildman–Crippen MR) is 92.2 cm³/mol. The number of nitriles is 1. The van der Waals surface area contributed by atoms with Gasteiger partial charge in [0.2, 0.25) is 0 Å². The Bertz CT molecular complexity index is 942. The molecule has 3 aromatic rings. The number of thioether (sulfide) groups is 1. The smallest absolute Gasteiger partial charge is 0.270 e. The Labute approximate surface area is 137 Å². The molecule has 0 unspecified atom stereocenters. The van der Waals surface area contributed by atoms with E-state index in [-0.39, 0.29) is 5.56 Å². The first kappa shape index (κ1) is 15.1. The Hall–Kier alpha value is -2.84. The maximum absolute atomic E-state index is 12.1. The minimum absolute atomic E-state index is 0.0335. The van der Waals surface area contributed by atoms with Gasteiger partial charge in [0.05, 0.1) is 5.69 Å². The van der Waals surface area contributed by atoms with Gasteiger partial charge in [-0.3, -0.25) is 4.79 Å². The van der Waals surface area contributed by atoms with E-state index in [0.29, 0.717) is 10.9 Å². The summed E-state index contributed by atoms with van der Waals surface area (Å²) >= 11 is 1.34. The fourth-order valence-corrected chi connectivity index (χ4v) is 2.78. The molecule has 0 radical (unpaired) electrons. The summed E-state index contributed by atoms with van der Waals surface area (Å²) in [7, 11) is 0. The molecule has 1 N–H and O–H groups in total. The summed E-state index contributed by atoms with van der Waals surface area (Å²) in [4.78, 5) is 19.2. The molecule has 0 aliphatic carbocycles. The molecule has 0 spiro atoms. The van der Waals surface area contributed by atoms with Gasteiger partial charge in [0.15, 0.2) is 5.16 Å². The standard InChI is InChI=1S/C18H13N3OS/c1-23-18-20-16(15(11-19)17(22)21-18)14-10-6-5-9-13(14)12-7-3-2-4-8-12/h2-10H,1H3,(H,20,21,22). The fourth-order valence-electron chi connectivity index (χ4n) is 2.41. The normalized spacial score (nSPS) is 10.3. The van der Waals surface area contributed by atoms with E-state index < -0.39 is 5.56 Å². The molecule has 1 heterocycles. The van der Waals surface area contributed by atoms with Gasteiger partial charge in [-0.25, -0.2) is 4.98 Å². The average molecular weight is 319 g/mol. The van der Waals surface area contributed by atoms with Crippen LogP contribution in [0, 0.1) is 11.3 Å². The van der Waals surface area contributed by atoms with Gasteiger partial charge in [-0.1, -0.05) is 66.4 Å². The van der Waals surface area contributed by atoms with Crippen LogP contribution in [0.1, 0.15) is 5.56 Å². The maximum Gasteiger partial charge on any atom is 0.270 e. The van der Waals surface area contributed by atoms with Crippen molar-refractivity contribution in [3.8, 4) is 28.5 Å². The highest BCUT2D eigenvalue weighted by molar-refractivity contribution is 7.98.